The summed E-state index contributed by atoms with van der Waals surface area (Å²) in [7, 11) is 3.06. The Labute approximate surface area is 113 Å². The van der Waals surface area contributed by atoms with E-state index in [0.29, 0.717) is 20.9 Å². The number of likely N-dealkylation sites (N-methyl/N-ethyl adjacent to an activating group) is 2. The highest BCUT2D eigenvalue weighted by molar-refractivity contribution is 7.21. The second-order valence-electron chi connectivity index (χ2n) is 3.89. The van der Waals surface area contributed by atoms with Crippen LogP contribution in [0.3, 0.4) is 0 Å². The third-order valence-electron chi connectivity index (χ3n) is 2.56. The van der Waals surface area contributed by atoms with Gasteiger partial charge in [-0.25, -0.2) is 9.97 Å². The Morgan fingerprint density at radius 1 is 1.42 bits per heavy atom. The topological polar surface area (TPSA) is 101 Å². The average molecular weight is 279 g/mol. The molecule has 0 aliphatic rings. The second kappa shape index (κ2) is 5.19. The van der Waals surface area contributed by atoms with Crippen molar-refractivity contribution in [3.63, 3.8) is 0 Å². The van der Waals surface area contributed by atoms with Gasteiger partial charge in [-0.05, 0) is 0 Å². The maximum atomic E-state index is 12.2. The van der Waals surface area contributed by atoms with Crippen LogP contribution in [-0.4, -0.2) is 47.3 Å². The molecule has 2 amide bonds. The largest absolute Gasteiger partial charge is 0.396 e. The molecule has 0 aliphatic heterocycles. The number of thiophene rings is 1. The number of nitrogen functional groups attached to an aromatic ring is 1. The van der Waals surface area contributed by atoms with Crippen LogP contribution in [0.25, 0.3) is 10.3 Å². The van der Waals surface area contributed by atoms with E-state index in [9.17, 15) is 9.59 Å². The molecule has 0 atom stereocenters. The summed E-state index contributed by atoms with van der Waals surface area (Å²) in [4.78, 5) is 33.9. The molecular formula is C11H13N5O2S. The van der Waals surface area contributed by atoms with Gasteiger partial charge >= 0.3 is 0 Å². The molecule has 0 bridgehead atoms. The van der Waals surface area contributed by atoms with Gasteiger partial charge < -0.3 is 16.0 Å². The zero-order valence-electron chi connectivity index (χ0n) is 10.5. The summed E-state index contributed by atoms with van der Waals surface area (Å²) >= 11 is 1.17. The van der Waals surface area contributed by atoms with Crippen molar-refractivity contribution in [2.45, 2.75) is 0 Å². The first-order valence-electron chi connectivity index (χ1n) is 5.49. The zero-order valence-corrected chi connectivity index (χ0v) is 11.3. The van der Waals surface area contributed by atoms with E-state index in [-0.39, 0.29) is 18.4 Å². The summed E-state index contributed by atoms with van der Waals surface area (Å²) in [6.45, 7) is -0.0239. The highest BCUT2D eigenvalue weighted by Crippen LogP contribution is 2.31. The molecule has 2 aromatic rings. The third-order valence-corrected chi connectivity index (χ3v) is 3.65. The van der Waals surface area contributed by atoms with Gasteiger partial charge in [-0.3, -0.25) is 9.59 Å². The molecule has 2 aromatic heterocycles. The fraction of sp³-hybridized carbons (Fsp3) is 0.273. The minimum absolute atomic E-state index is 0.0239. The minimum atomic E-state index is -0.314. The lowest BCUT2D eigenvalue weighted by Gasteiger charge is -2.15. The van der Waals surface area contributed by atoms with Gasteiger partial charge in [0.2, 0.25) is 5.91 Å². The normalized spacial score (nSPS) is 10.4. The van der Waals surface area contributed by atoms with Gasteiger partial charge in [0.1, 0.15) is 15.2 Å². The predicted octanol–water partition coefficient (Wildman–Crippen LogP) is 0.0915. The molecule has 100 valence electrons. The Morgan fingerprint density at radius 2 is 2.11 bits per heavy atom. The molecule has 0 saturated carbocycles. The van der Waals surface area contributed by atoms with E-state index in [1.54, 1.807) is 13.2 Å². The van der Waals surface area contributed by atoms with Gasteiger partial charge in [0, 0.05) is 26.5 Å². The number of hydrogen-bond acceptors (Lipinski definition) is 6. The molecule has 0 aromatic carbocycles. The molecule has 0 fully saturated rings. The molecule has 19 heavy (non-hydrogen) atoms. The fourth-order valence-electron chi connectivity index (χ4n) is 1.54. The first-order chi connectivity index (χ1) is 9.04. The van der Waals surface area contributed by atoms with Gasteiger partial charge in [0.25, 0.3) is 5.91 Å². The van der Waals surface area contributed by atoms with E-state index in [4.69, 9.17) is 5.73 Å². The smallest absolute Gasteiger partial charge is 0.266 e. The summed E-state index contributed by atoms with van der Waals surface area (Å²) in [6.07, 6.45) is 3.06. The van der Waals surface area contributed by atoms with E-state index in [0.717, 1.165) is 0 Å². The van der Waals surface area contributed by atoms with Crippen LogP contribution in [0.2, 0.25) is 0 Å². The third kappa shape index (κ3) is 2.48. The van der Waals surface area contributed by atoms with E-state index in [1.807, 2.05) is 0 Å². The molecule has 7 nitrogen and oxygen atoms in total. The Balaban J connectivity index is 2.31. The van der Waals surface area contributed by atoms with Crippen molar-refractivity contribution in [2.24, 2.45) is 0 Å². The molecule has 2 heterocycles. The van der Waals surface area contributed by atoms with E-state index < -0.39 is 0 Å². The van der Waals surface area contributed by atoms with Crippen LogP contribution in [0.5, 0.6) is 0 Å². The van der Waals surface area contributed by atoms with E-state index in [2.05, 4.69) is 15.3 Å². The number of carbonyl (C=O) groups excluding carboxylic acids is 2. The zero-order chi connectivity index (χ0) is 14.0. The Morgan fingerprint density at radius 3 is 2.74 bits per heavy atom. The molecule has 2 rings (SSSR count). The van der Waals surface area contributed by atoms with Crippen LogP contribution >= 0.6 is 11.3 Å². The Kier molecular flexibility index (Phi) is 3.61. The van der Waals surface area contributed by atoms with Crippen molar-refractivity contribution in [3.05, 3.63) is 17.3 Å². The lowest BCUT2D eigenvalue weighted by atomic mass is 10.3. The summed E-state index contributed by atoms with van der Waals surface area (Å²) < 4.78 is 0. The maximum absolute atomic E-state index is 12.2. The molecular weight excluding hydrogens is 266 g/mol. The first kappa shape index (κ1) is 13.2. The summed E-state index contributed by atoms with van der Waals surface area (Å²) in [5, 5.41) is 2.46. The Hall–Kier alpha value is -2.22. The van der Waals surface area contributed by atoms with E-state index in [1.165, 1.54) is 29.5 Å². The number of rotatable bonds is 3. The number of nitrogens with one attached hydrogen (secondary N) is 1. The van der Waals surface area contributed by atoms with Crippen molar-refractivity contribution in [2.75, 3.05) is 26.4 Å². The van der Waals surface area contributed by atoms with Gasteiger partial charge in [-0.1, -0.05) is 0 Å². The van der Waals surface area contributed by atoms with Gasteiger partial charge in [-0.15, -0.1) is 11.3 Å². The lowest BCUT2D eigenvalue weighted by Crippen LogP contribution is -2.36. The number of amides is 2. The Bertz CT molecular complexity index is 639. The van der Waals surface area contributed by atoms with Crippen LogP contribution in [0.1, 0.15) is 9.67 Å². The molecule has 0 radical (unpaired) electrons. The van der Waals surface area contributed by atoms with Gasteiger partial charge in [-0.2, -0.15) is 0 Å². The van der Waals surface area contributed by atoms with Crippen LogP contribution in [0.15, 0.2) is 12.4 Å². The molecule has 0 saturated heterocycles. The van der Waals surface area contributed by atoms with Crippen molar-refractivity contribution in [3.8, 4) is 0 Å². The van der Waals surface area contributed by atoms with Gasteiger partial charge in [0.15, 0.2) is 0 Å². The SMILES string of the molecule is CNC(=O)CN(C)C(=O)c1sc2nccnc2c1N. The first-order valence-corrected chi connectivity index (χ1v) is 6.31. The number of anilines is 1. The standard InChI is InChI=1S/C11H13N5O2S/c1-13-6(17)5-16(2)11(18)9-7(12)8-10(19-9)15-4-3-14-8/h3-4H,5,12H2,1-2H3,(H,13,17). The highest BCUT2D eigenvalue weighted by atomic mass is 32.1. The molecule has 0 spiro atoms. The van der Waals surface area contributed by atoms with E-state index >= 15 is 0 Å². The van der Waals surface area contributed by atoms with Crippen molar-refractivity contribution < 1.29 is 9.59 Å². The van der Waals surface area contributed by atoms with Crippen molar-refractivity contribution in [1.82, 2.24) is 20.2 Å². The predicted molar refractivity (Wildman–Crippen MR) is 72.9 cm³/mol. The van der Waals surface area contributed by atoms with Gasteiger partial charge in [0.05, 0.1) is 12.2 Å². The molecule has 0 aliphatic carbocycles. The molecule has 0 unspecified atom stereocenters. The van der Waals surface area contributed by atoms with Crippen molar-refractivity contribution in [1.29, 1.82) is 0 Å². The average Bonchev–Trinajstić information content (AvgIpc) is 2.75. The molecule has 3 N–H and O–H groups in total. The quantitative estimate of drug-likeness (QED) is 0.829. The fourth-order valence-corrected chi connectivity index (χ4v) is 2.56. The number of hydrogen-bond donors (Lipinski definition) is 2. The summed E-state index contributed by atoms with van der Waals surface area (Å²) in [6, 6.07) is 0. The van der Waals surface area contributed by atoms with Crippen molar-refractivity contribution >= 4 is 39.2 Å². The lowest BCUT2D eigenvalue weighted by molar-refractivity contribution is -0.121. The monoisotopic (exact) mass is 279 g/mol. The van der Waals surface area contributed by atoms with Crippen LogP contribution in [0, 0.1) is 0 Å². The van der Waals surface area contributed by atoms with Crippen LogP contribution < -0.4 is 11.1 Å². The summed E-state index contributed by atoms with van der Waals surface area (Å²) in [5.74, 6) is -0.558. The molecule has 8 heteroatoms. The minimum Gasteiger partial charge on any atom is -0.396 e. The highest BCUT2D eigenvalue weighted by Gasteiger charge is 2.21. The maximum Gasteiger partial charge on any atom is 0.266 e. The second-order valence-corrected chi connectivity index (χ2v) is 4.89. The van der Waals surface area contributed by atoms with Crippen LogP contribution in [-0.2, 0) is 4.79 Å². The number of nitrogens with two attached hydrogens (primary N) is 1. The number of nitrogens with zero attached hydrogens (tertiary/aromatic N) is 3. The number of carbonyl (C=O) groups is 2. The van der Waals surface area contributed by atoms with Crippen LogP contribution in [0.4, 0.5) is 5.69 Å². The summed E-state index contributed by atoms with van der Waals surface area (Å²) in [5.41, 5.74) is 6.73. The number of aromatic nitrogens is 2. The number of fused-ring (bicyclic) bond motifs is 1.